The number of hydrogen-bond donors (Lipinski definition) is 0. The fraction of sp³-hybridized carbons (Fsp3) is 0.0800. The van der Waals surface area contributed by atoms with Crippen molar-refractivity contribution in [1.29, 1.82) is 0 Å². The normalized spacial score (nSPS) is 13.9. The lowest BCUT2D eigenvalue weighted by molar-refractivity contribution is 0.0635. The largest absolute Gasteiger partial charge is 0.278 e. The zero-order valence-corrected chi connectivity index (χ0v) is 31.7. The number of fused-ring (bicyclic) bond motifs is 4. The number of carbonyl (C=O) groups excluding carboxylic acids is 4. The third kappa shape index (κ3) is 3.95. The van der Waals surface area contributed by atoms with Gasteiger partial charge in [-0.3, -0.25) is 29.0 Å². The molecule has 0 aromatic heterocycles. The number of rotatable bonds is 0. The van der Waals surface area contributed by atoms with Gasteiger partial charge >= 0.3 is 0 Å². The van der Waals surface area contributed by atoms with Crippen LogP contribution in [0.5, 0.6) is 0 Å². The lowest BCUT2D eigenvalue weighted by Gasteiger charge is -2.27. The van der Waals surface area contributed by atoms with Crippen molar-refractivity contribution >= 4 is 121 Å². The molecular formula is C50H28N4O4. The molecule has 0 spiro atoms. The van der Waals surface area contributed by atoms with E-state index in [-0.39, 0.29) is 23.6 Å². The molecule has 0 atom stereocenters. The summed E-state index contributed by atoms with van der Waals surface area (Å²) in [7, 11) is 3.01. The summed E-state index contributed by atoms with van der Waals surface area (Å²) in [6.45, 7) is 19.6. The highest BCUT2D eigenvalue weighted by atomic mass is 16.2. The van der Waals surface area contributed by atoms with Crippen LogP contribution < -0.4 is 0 Å². The third-order valence-corrected chi connectivity index (χ3v) is 12.5. The topological polar surface area (TPSA) is 83.5 Å². The van der Waals surface area contributed by atoms with Crippen LogP contribution in [0, 0.1) is 27.0 Å². The Labute approximate surface area is 330 Å². The van der Waals surface area contributed by atoms with Gasteiger partial charge in [-0.2, -0.15) is 0 Å². The average Bonchev–Trinajstić information content (AvgIpc) is 3.24. The minimum absolute atomic E-state index is 0.287. The van der Waals surface area contributed by atoms with Gasteiger partial charge in [0.2, 0.25) is 0 Å². The number of hydrogen-bond acceptors (Lipinski definition) is 4. The van der Waals surface area contributed by atoms with Gasteiger partial charge in [0.1, 0.15) is 0 Å². The van der Waals surface area contributed by atoms with E-state index in [9.17, 15) is 19.2 Å². The Morgan fingerprint density at radius 2 is 0.879 bits per heavy atom. The first-order valence-electron chi connectivity index (χ1n) is 18.8. The summed E-state index contributed by atoms with van der Waals surface area (Å²) in [4.78, 5) is 61.4. The molecule has 0 unspecified atom stereocenters. The number of aryl methyl sites for hydroxylation is 2. The van der Waals surface area contributed by atoms with Gasteiger partial charge in [0, 0.05) is 47.1 Å². The molecule has 8 heteroatoms. The van der Waals surface area contributed by atoms with Gasteiger partial charge < -0.3 is 0 Å². The summed E-state index contributed by atoms with van der Waals surface area (Å²) >= 11 is 0. The molecule has 0 fully saturated rings. The molecule has 2 aliphatic rings. The van der Waals surface area contributed by atoms with Crippen LogP contribution in [0.3, 0.4) is 0 Å². The second-order valence-corrected chi connectivity index (χ2v) is 15.3. The van der Waals surface area contributed by atoms with Crippen molar-refractivity contribution in [2.75, 3.05) is 14.1 Å². The molecule has 4 amide bonds. The Morgan fingerprint density at radius 1 is 0.397 bits per heavy atom. The van der Waals surface area contributed by atoms with Crippen molar-refractivity contribution in [2.24, 2.45) is 0 Å². The monoisotopic (exact) mass is 748 g/mol. The van der Waals surface area contributed by atoms with Crippen molar-refractivity contribution < 1.29 is 19.2 Å². The van der Waals surface area contributed by atoms with E-state index in [4.69, 9.17) is 13.1 Å². The Morgan fingerprint density at radius 3 is 1.52 bits per heavy atom. The quantitative estimate of drug-likeness (QED) is 0.0669. The maximum Gasteiger partial charge on any atom is 0.261 e. The highest BCUT2D eigenvalue weighted by Gasteiger charge is 2.34. The maximum atomic E-state index is 12.9. The predicted molar refractivity (Wildman–Crippen MR) is 230 cm³/mol. The molecule has 272 valence electrons. The van der Waals surface area contributed by atoms with Crippen LogP contribution in [-0.2, 0) is 0 Å². The van der Waals surface area contributed by atoms with Crippen LogP contribution in [0.25, 0.3) is 95.9 Å². The van der Waals surface area contributed by atoms with Gasteiger partial charge in [-0.05, 0) is 125 Å². The van der Waals surface area contributed by atoms with Crippen molar-refractivity contribution in [2.45, 2.75) is 13.8 Å². The number of nitrogens with zero attached hydrogens (tertiary/aromatic N) is 4. The van der Waals surface area contributed by atoms with Gasteiger partial charge in [0.25, 0.3) is 23.6 Å². The van der Waals surface area contributed by atoms with Crippen molar-refractivity contribution in [3.8, 4) is 0 Å². The second kappa shape index (κ2) is 11.3. The van der Waals surface area contributed by atoms with Gasteiger partial charge in [0.05, 0.1) is 13.1 Å². The lowest BCUT2D eigenvalue weighted by Crippen LogP contribution is -2.37. The van der Waals surface area contributed by atoms with Crippen LogP contribution in [0.15, 0.2) is 97.1 Å². The average molecular weight is 749 g/mol. The SMILES string of the molecule is [C-]#[N+]c1cc2c3c(cc(C)c4c5cccc6cccc(c1c34)c65)C(=O)N(C)C2=O.[C-]#[N+]c1ccc2ccc(C)c3c4ccc5c6c(ccc(c1c23)c64)C(=O)N(C)C5=O. The zero-order chi connectivity index (χ0) is 40.0. The van der Waals surface area contributed by atoms with Crippen molar-refractivity contribution in [3.05, 3.63) is 153 Å². The van der Waals surface area contributed by atoms with E-state index < -0.39 is 0 Å². The van der Waals surface area contributed by atoms with Crippen LogP contribution in [0.2, 0.25) is 0 Å². The number of amides is 4. The van der Waals surface area contributed by atoms with Gasteiger partial charge in [0.15, 0.2) is 11.4 Å². The summed E-state index contributed by atoms with van der Waals surface area (Å²) < 4.78 is 0. The van der Waals surface area contributed by atoms with E-state index >= 15 is 0 Å². The molecule has 0 saturated heterocycles. The van der Waals surface area contributed by atoms with Crippen LogP contribution in [0.4, 0.5) is 11.4 Å². The minimum atomic E-state index is -0.356. The summed E-state index contributed by atoms with van der Waals surface area (Å²) in [5, 5.41) is 15.3. The molecule has 10 aromatic carbocycles. The standard InChI is InChI=1S/2C25H14N2O2/c1-12-10-16-21-17(25(29)27(3)24(16)28)11-18(26-2)22-15-9-5-7-13-6-4-8-14(20(13)15)19(12)23(21)22;1-12-4-5-13-6-11-18(26-2)23-15-8-10-17-22-16(24(28)27(3)25(17)29)9-7-14(21(15)22)19(12)20(13)23/h2*4-11H,1,3H3. The van der Waals surface area contributed by atoms with Gasteiger partial charge in [-0.1, -0.05) is 72.8 Å². The van der Waals surface area contributed by atoms with Crippen LogP contribution >= 0.6 is 0 Å². The molecular weight excluding hydrogens is 721 g/mol. The van der Waals surface area contributed by atoms with E-state index in [0.29, 0.717) is 44.4 Å². The maximum absolute atomic E-state index is 12.9. The first-order chi connectivity index (χ1) is 28.0. The minimum Gasteiger partial charge on any atom is -0.278 e. The molecule has 0 saturated carbocycles. The highest BCUT2D eigenvalue weighted by Crippen LogP contribution is 2.50. The Kier molecular flexibility index (Phi) is 6.52. The number of carbonyl (C=O) groups is 4. The molecule has 0 bridgehead atoms. The smallest absolute Gasteiger partial charge is 0.261 e. The van der Waals surface area contributed by atoms with Crippen molar-refractivity contribution in [1.82, 2.24) is 9.80 Å². The summed E-state index contributed by atoms with van der Waals surface area (Å²) in [6, 6.07) is 31.4. The summed E-state index contributed by atoms with van der Waals surface area (Å²) in [6.07, 6.45) is 0. The van der Waals surface area contributed by atoms with Crippen LogP contribution in [-0.4, -0.2) is 47.5 Å². The molecule has 12 rings (SSSR count). The number of imide groups is 2. The Balaban J connectivity index is 0.000000133. The van der Waals surface area contributed by atoms with Gasteiger partial charge in [-0.25, -0.2) is 9.69 Å². The van der Waals surface area contributed by atoms with Crippen LogP contribution in [0.1, 0.15) is 52.6 Å². The van der Waals surface area contributed by atoms with E-state index in [1.54, 1.807) is 12.1 Å². The molecule has 10 aromatic rings. The Bertz CT molecular complexity index is 3710. The molecule has 0 N–H and O–H groups in total. The second-order valence-electron chi connectivity index (χ2n) is 15.3. The lowest BCUT2D eigenvalue weighted by atomic mass is 9.82. The molecule has 2 aliphatic heterocycles. The van der Waals surface area contributed by atoms with E-state index in [2.05, 4.69) is 46.9 Å². The van der Waals surface area contributed by atoms with Crippen molar-refractivity contribution in [3.63, 3.8) is 0 Å². The molecule has 0 radical (unpaired) electrons. The zero-order valence-electron chi connectivity index (χ0n) is 31.7. The summed E-state index contributed by atoms with van der Waals surface area (Å²) in [5.74, 6) is -1.22. The molecule has 58 heavy (non-hydrogen) atoms. The first kappa shape index (κ1) is 33.4. The number of benzene rings is 10. The predicted octanol–water partition coefficient (Wildman–Crippen LogP) is 11.6. The highest BCUT2D eigenvalue weighted by molar-refractivity contribution is 6.42. The van der Waals surface area contributed by atoms with E-state index in [1.165, 1.54) is 19.0 Å². The third-order valence-electron chi connectivity index (χ3n) is 12.5. The Hall–Kier alpha value is -7.94. The van der Waals surface area contributed by atoms with E-state index in [1.807, 2.05) is 61.5 Å². The summed E-state index contributed by atoms with van der Waals surface area (Å²) in [5.41, 5.74) is 5.15. The van der Waals surface area contributed by atoms with E-state index in [0.717, 1.165) is 91.4 Å². The first-order valence-corrected chi connectivity index (χ1v) is 18.8. The molecule has 0 aliphatic carbocycles. The van der Waals surface area contributed by atoms with Gasteiger partial charge in [-0.15, -0.1) is 0 Å². The fourth-order valence-electron chi connectivity index (χ4n) is 9.96. The molecule has 2 heterocycles. The molecule has 8 nitrogen and oxygen atoms in total. The fourth-order valence-corrected chi connectivity index (χ4v) is 9.96.